The summed E-state index contributed by atoms with van der Waals surface area (Å²) < 4.78 is 1.34. The Labute approximate surface area is 110 Å². The molecule has 2 N–H and O–H groups in total. The van der Waals surface area contributed by atoms with Gasteiger partial charge in [0.15, 0.2) is 0 Å². The summed E-state index contributed by atoms with van der Waals surface area (Å²) in [5, 5.41) is 5.71. The number of nitrogens with one attached hydrogen (secondary N) is 2. The molecule has 0 atom stereocenters. The number of benzene rings is 1. The minimum Gasteiger partial charge on any atom is -0.272 e. The van der Waals surface area contributed by atoms with E-state index in [2.05, 4.69) is 10.2 Å². The van der Waals surface area contributed by atoms with Gasteiger partial charge in [0.1, 0.15) is 0 Å². The zero-order valence-electron chi connectivity index (χ0n) is 7.55. The second kappa shape index (κ2) is 4.25. The number of aromatic amines is 2. The van der Waals surface area contributed by atoms with Gasteiger partial charge in [-0.25, -0.2) is 14.5 Å². The highest BCUT2D eigenvalue weighted by Crippen LogP contribution is 2.31. The van der Waals surface area contributed by atoms with Crippen molar-refractivity contribution in [1.29, 1.82) is 0 Å². The minimum absolute atomic E-state index is 0.177. The third-order valence-electron chi connectivity index (χ3n) is 1.89. The smallest absolute Gasteiger partial charge is 0.272 e. The fourth-order valence-corrected chi connectivity index (χ4v) is 2.47. The Morgan fingerprint density at radius 2 is 1.69 bits per heavy atom. The zero-order chi connectivity index (χ0) is 11.9. The van der Waals surface area contributed by atoms with E-state index in [-0.39, 0.29) is 14.8 Å². The average molecular weight is 297 g/mol. The molecule has 1 aromatic heterocycles. The molecule has 4 nitrogen and oxygen atoms in total. The van der Waals surface area contributed by atoms with E-state index in [0.29, 0.717) is 10.7 Å². The van der Waals surface area contributed by atoms with Crippen LogP contribution in [0, 0.1) is 4.77 Å². The van der Waals surface area contributed by atoms with E-state index in [4.69, 9.17) is 47.0 Å². The van der Waals surface area contributed by atoms with Crippen LogP contribution in [-0.2, 0) is 0 Å². The first-order valence-corrected chi connectivity index (χ1v) is 5.59. The molecule has 2 aromatic rings. The van der Waals surface area contributed by atoms with Crippen molar-refractivity contribution in [3.8, 4) is 5.69 Å². The van der Waals surface area contributed by atoms with Crippen molar-refractivity contribution in [2.75, 3.05) is 0 Å². The Morgan fingerprint density at radius 1 is 1.12 bits per heavy atom. The van der Waals surface area contributed by atoms with Gasteiger partial charge < -0.3 is 0 Å². The first-order chi connectivity index (χ1) is 7.50. The van der Waals surface area contributed by atoms with Gasteiger partial charge in [0.05, 0.1) is 15.7 Å². The Balaban J connectivity index is 2.85. The molecule has 0 aliphatic carbocycles. The lowest BCUT2D eigenvalue weighted by atomic mass is 10.3. The molecule has 0 aliphatic heterocycles. The van der Waals surface area contributed by atoms with Crippen LogP contribution >= 0.6 is 47.0 Å². The molecular weight excluding hydrogens is 293 g/mol. The second-order valence-electron chi connectivity index (χ2n) is 2.91. The van der Waals surface area contributed by atoms with Crippen LogP contribution in [-0.4, -0.2) is 14.8 Å². The molecular formula is C8H4Cl3N3OS. The molecule has 16 heavy (non-hydrogen) atoms. The highest BCUT2D eigenvalue weighted by Gasteiger charge is 2.13. The monoisotopic (exact) mass is 295 g/mol. The van der Waals surface area contributed by atoms with E-state index in [0.717, 1.165) is 4.57 Å². The lowest BCUT2D eigenvalue weighted by Crippen LogP contribution is -2.15. The van der Waals surface area contributed by atoms with E-state index >= 15 is 0 Å². The summed E-state index contributed by atoms with van der Waals surface area (Å²) in [7, 11) is 0. The summed E-state index contributed by atoms with van der Waals surface area (Å²) in [6, 6.07) is 2.97. The van der Waals surface area contributed by atoms with E-state index in [1.54, 1.807) is 0 Å². The maximum Gasteiger partial charge on any atom is 0.347 e. The SMILES string of the molecule is O=c1[nH][nH]c(=S)n1-c1c(Cl)cc(Cl)cc1Cl. The number of nitrogens with zero attached hydrogens (tertiary/aromatic N) is 1. The number of aromatic nitrogens is 3. The van der Waals surface area contributed by atoms with Gasteiger partial charge in [-0.15, -0.1) is 0 Å². The highest BCUT2D eigenvalue weighted by atomic mass is 35.5. The lowest BCUT2D eigenvalue weighted by Gasteiger charge is -2.06. The quantitative estimate of drug-likeness (QED) is 0.794. The first-order valence-electron chi connectivity index (χ1n) is 4.05. The van der Waals surface area contributed by atoms with Crippen LogP contribution in [0.25, 0.3) is 5.69 Å². The predicted molar refractivity (Wildman–Crippen MR) is 66.6 cm³/mol. The molecule has 0 bridgehead atoms. The van der Waals surface area contributed by atoms with Crippen molar-refractivity contribution in [2.45, 2.75) is 0 Å². The summed E-state index contributed by atoms with van der Waals surface area (Å²) >= 11 is 22.6. The van der Waals surface area contributed by atoms with Gasteiger partial charge in [-0.1, -0.05) is 34.8 Å². The standard InChI is InChI=1S/C8H4Cl3N3OS/c9-3-1-4(10)6(5(11)2-3)14-7(15)12-13-8(14)16/h1-2H,(H,12,15)(H,13,16). The molecule has 0 saturated carbocycles. The zero-order valence-corrected chi connectivity index (χ0v) is 10.6. The van der Waals surface area contributed by atoms with Crippen LogP contribution in [0.15, 0.2) is 16.9 Å². The third kappa shape index (κ3) is 1.91. The molecule has 0 aliphatic rings. The van der Waals surface area contributed by atoms with Crippen molar-refractivity contribution in [3.05, 3.63) is 42.5 Å². The number of halogens is 3. The van der Waals surface area contributed by atoms with Crippen LogP contribution < -0.4 is 5.69 Å². The largest absolute Gasteiger partial charge is 0.347 e. The summed E-state index contributed by atoms with van der Waals surface area (Å²) in [6.07, 6.45) is 0. The number of hydrogen-bond donors (Lipinski definition) is 2. The average Bonchev–Trinajstić information content (AvgIpc) is 2.47. The summed E-state index contributed by atoms with van der Waals surface area (Å²) in [5.41, 5.74) is -0.142. The topological polar surface area (TPSA) is 53.6 Å². The Kier molecular flexibility index (Phi) is 3.12. The maximum absolute atomic E-state index is 11.5. The molecule has 0 saturated heterocycles. The maximum atomic E-state index is 11.5. The summed E-state index contributed by atoms with van der Waals surface area (Å²) in [6.45, 7) is 0. The van der Waals surface area contributed by atoms with E-state index in [1.807, 2.05) is 0 Å². The van der Waals surface area contributed by atoms with Gasteiger partial charge in [-0.2, -0.15) is 0 Å². The fourth-order valence-electron chi connectivity index (χ4n) is 1.26. The molecule has 0 spiro atoms. The highest BCUT2D eigenvalue weighted by molar-refractivity contribution is 7.71. The molecule has 0 amide bonds. The van der Waals surface area contributed by atoms with Crippen molar-refractivity contribution in [3.63, 3.8) is 0 Å². The lowest BCUT2D eigenvalue weighted by molar-refractivity contribution is 0.976. The minimum atomic E-state index is -0.448. The molecule has 8 heteroatoms. The molecule has 1 aromatic carbocycles. The van der Waals surface area contributed by atoms with Crippen molar-refractivity contribution in [1.82, 2.24) is 14.8 Å². The Hall–Kier alpha value is -0.750. The van der Waals surface area contributed by atoms with E-state index in [9.17, 15) is 4.79 Å². The molecule has 84 valence electrons. The van der Waals surface area contributed by atoms with Gasteiger partial charge in [0.2, 0.25) is 4.77 Å². The van der Waals surface area contributed by atoms with Gasteiger partial charge in [-0.05, 0) is 24.4 Å². The van der Waals surface area contributed by atoms with Crippen LogP contribution in [0.1, 0.15) is 0 Å². The number of H-pyrrole nitrogens is 2. The van der Waals surface area contributed by atoms with Gasteiger partial charge in [-0.3, -0.25) is 5.10 Å². The van der Waals surface area contributed by atoms with Crippen LogP contribution in [0.3, 0.4) is 0 Å². The van der Waals surface area contributed by atoms with Crippen molar-refractivity contribution in [2.24, 2.45) is 0 Å². The Bertz CT molecular complexity index is 607. The molecule has 2 rings (SSSR count). The Morgan fingerprint density at radius 3 is 2.12 bits per heavy atom. The van der Waals surface area contributed by atoms with Crippen LogP contribution in [0.5, 0.6) is 0 Å². The van der Waals surface area contributed by atoms with Crippen LogP contribution in [0.4, 0.5) is 0 Å². The van der Waals surface area contributed by atoms with Crippen molar-refractivity contribution < 1.29 is 0 Å². The fraction of sp³-hybridized carbons (Fsp3) is 0. The van der Waals surface area contributed by atoms with Gasteiger partial charge >= 0.3 is 5.69 Å². The molecule has 0 unspecified atom stereocenters. The molecule has 0 fully saturated rings. The number of hydrogen-bond acceptors (Lipinski definition) is 2. The molecule has 0 radical (unpaired) electrons. The first kappa shape index (κ1) is 11.7. The van der Waals surface area contributed by atoms with Gasteiger partial charge in [0.25, 0.3) is 0 Å². The molecule has 1 heterocycles. The van der Waals surface area contributed by atoms with Crippen molar-refractivity contribution >= 4 is 47.0 Å². The third-order valence-corrected chi connectivity index (χ3v) is 2.97. The number of rotatable bonds is 1. The second-order valence-corrected chi connectivity index (χ2v) is 4.55. The van der Waals surface area contributed by atoms with E-state index in [1.165, 1.54) is 12.1 Å². The summed E-state index contributed by atoms with van der Waals surface area (Å²) in [4.78, 5) is 11.5. The summed E-state index contributed by atoms with van der Waals surface area (Å²) in [5.74, 6) is 0. The predicted octanol–water partition coefficient (Wildman–Crippen LogP) is 3.18. The van der Waals surface area contributed by atoms with Gasteiger partial charge in [0, 0.05) is 5.02 Å². The van der Waals surface area contributed by atoms with E-state index < -0.39 is 5.69 Å². The van der Waals surface area contributed by atoms with Crippen LogP contribution in [0.2, 0.25) is 15.1 Å². The normalized spacial score (nSPS) is 10.7.